The average Bonchev–Trinajstić information content (AvgIpc) is 2.73. The molecule has 0 spiro atoms. The molecule has 0 aliphatic carbocycles. The second-order valence-electron chi connectivity index (χ2n) is 3.23. The van der Waals surface area contributed by atoms with Crippen LogP contribution in [0.25, 0.3) is 0 Å². The lowest BCUT2D eigenvalue weighted by Gasteiger charge is -2.02. The molecule has 0 unspecified atom stereocenters. The zero-order valence-corrected chi connectivity index (χ0v) is 8.67. The van der Waals surface area contributed by atoms with Crippen LogP contribution < -0.4 is 14.8 Å². The average molecular weight is 235 g/mol. The quantitative estimate of drug-likeness (QED) is 0.763. The molecule has 1 aromatic carbocycles. The number of aliphatic carboxylic acids is 1. The summed E-state index contributed by atoms with van der Waals surface area (Å²) < 4.78 is 10.2. The van der Waals surface area contributed by atoms with E-state index in [9.17, 15) is 9.59 Å². The maximum atomic E-state index is 11.3. The molecular formula is C11H9NO5. The van der Waals surface area contributed by atoms with Gasteiger partial charge in [0.25, 0.3) is 0 Å². The van der Waals surface area contributed by atoms with E-state index < -0.39 is 11.9 Å². The Bertz CT molecular complexity index is 495. The third-order valence-corrected chi connectivity index (χ3v) is 2.02. The summed E-state index contributed by atoms with van der Waals surface area (Å²) in [6.45, 7) is 0.158. The maximum absolute atomic E-state index is 11.3. The van der Waals surface area contributed by atoms with E-state index in [0.29, 0.717) is 17.2 Å². The topological polar surface area (TPSA) is 84.9 Å². The van der Waals surface area contributed by atoms with Crippen molar-refractivity contribution in [3.63, 3.8) is 0 Å². The molecule has 0 bridgehead atoms. The number of anilines is 1. The van der Waals surface area contributed by atoms with E-state index in [1.54, 1.807) is 18.2 Å². The Labute approximate surface area is 96.5 Å². The van der Waals surface area contributed by atoms with Crippen LogP contribution in [0.2, 0.25) is 0 Å². The lowest BCUT2D eigenvalue weighted by atomic mass is 10.2. The third kappa shape index (κ3) is 2.75. The van der Waals surface area contributed by atoms with Crippen molar-refractivity contribution in [3.05, 3.63) is 30.4 Å². The van der Waals surface area contributed by atoms with Gasteiger partial charge in [-0.3, -0.25) is 4.79 Å². The predicted molar refractivity (Wildman–Crippen MR) is 58.0 cm³/mol. The second kappa shape index (κ2) is 4.56. The fraction of sp³-hybridized carbons (Fsp3) is 0.0909. The molecule has 0 atom stereocenters. The number of carboxylic acids is 1. The van der Waals surface area contributed by atoms with E-state index >= 15 is 0 Å². The summed E-state index contributed by atoms with van der Waals surface area (Å²) in [5.74, 6) is -0.536. The molecule has 0 radical (unpaired) electrons. The van der Waals surface area contributed by atoms with Gasteiger partial charge in [0.05, 0.1) is 0 Å². The van der Waals surface area contributed by atoms with Crippen molar-refractivity contribution >= 4 is 17.6 Å². The minimum absolute atomic E-state index is 0.158. The highest BCUT2D eigenvalue weighted by Gasteiger charge is 2.13. The van der Waals surface area contributed by atoms with Gasteiger partial charge in [-0.2, -0.15) is 0 Å². The summed E-state index contributed by atoms with van der Waals surface area (Å²) in [7, 11) is 0. The van der Waals surface area contributed by atoms with Gasteiger partial charge in [0.15, 0.2) is 11.5 Å². The summed E-state index contributed by atoms with van der Waals surface area (Å²) >= 11 is 0. The fourth-order valence-corrected chi connectivity index (χ4v) is 1.31. The van der Waals surface area contributed by atoms with Gasteiger partial charge >= 0.3 is 5.97 Å². The number of carboxylic acid groups (broad SMARTS) is 1. The SMILES string of the molecule is O=C(O)C=CC(=O)Nc1ccc2c(c1)OCO2. The molecule has 6 nitrogen and oxygen atoms in total. The molecule has 0 aromatic heterocycles. The Morgan fingerprint density at radius 1 is 1.24 bits per heavy atom. The minimum atomic E-state index is -1.18. The van der Waals surface area contributed by atoms with Crippen LogP contribution >= 0.6 is 0 Å². The molecule has 1 aliphatic rings. The van der Waals surface area contributed by atoms with Crippen LogP contribution in [0, 0.1) is 0 Å². The highest BCUT2D eigenvalue weighted by molar-refractivity contribution is 6.02. The second-order valence-corrected chi connectivity index (χ2v) is 3.23. The normalized spacial score (nSPS) is 12.7. The van der Waals surface area contributed by atoms with E-state index in [0.717, 1.165) is 12.2 Å². The van der Waals surface area contributed by atoms with Gasteiger partial charge in [0, 0.05) is 23.9 Å². The Balaban J connectivity index is 2.04. The molecule has 0 fully saturated rings. The van der Waals surface area contributed by atoms with Crippen LogP contribution in [0.3, 0.4) is 0 Å². The van der Waals surface area contributed by atoms with Gasteiger partial charge in [0.1, 0.15) is 0 Å². The van der Waals surface area contributed by atoms with E-state index in [4.69, 9.17) is 14.6 Å². The van der Waals surface area contributed by atoms with Crippen molar-refractivity contribution in [1.29, 1.82) is 0 Å². The lowest BCUT2D eigenvalue weighted by Crippen LogP contribution is -2.08. The Hall–Kier alpha value is -2.50. The molecule has 0 saturated carbocycles. The number of rotatable bonds is 3. The molecule has 1 aromatic rings. The molecule has 1 amide bonds. The fourth-order valence-electron chi connectivity index (χ4n) is 1.31. The Morgan fingerprint density at radius 3 is 2.76 bits per heavy atom. The number of benzene rings is 1. The summed E-state index contributed by atoms with van der Waals surface area (Å²) in [5.41, 5.74) is 0.509. The number of hydrogen-bond donors (Lipinski definition) is 2. The zero-order chi connectivity index (χ0) is 12.3. The van der Waals surface area contributed by atoms with E-state index in [1.807, 2.05) is 0 Å². The first-order valence-corrected chi connectivity index (χ1v) is 4.77. The van der Waals surface area contributed by atoms with Crippen LogP contribution in [0.4, 0.5) is 5.69 Å². The molecule has 2 rings (SSSR count). The molecular weight excluding hydrogens is 226 g/mol. The first-order valence-electron chi connectivity index (χ1n) is 4.77. The number of fused-ring (bicyclic) bond motifs is 1. The van der Waals surface area contributed by atoms with Crippen LogP contribution in [0.1, 0.15) is 0 Å². The summed E-state index contributed by atoms with van der Waals surface area (Å²) in [4.78, 5) is 21.5. The van der Waals surface area contributed by atoms with Gasteiger partial charge < -0.3 is 19.9 Å². The predicted octanol–water partition coefficient (Wildman–Crippen LogP) is 0.995. The van der Waals surface area contributed by atoms with Crippen molar-refractivity contribution in [2.75, 3.05) is 12.1 Å². The van der Waals surface area contributed by atoms with Gasteiger partial charge in [-0.25, -0.2) is 4.79 Å². The summed E-state index contributed by atoms with van der Waals surface area (Å²) in [6, 6.07) is 4.91. The van der Waals surface area contributed by atoms with E-state index in [1.165, 1.54) is 0 Å². The Morgan fingerprint density at radius 2 is 2.00 bits per heavy atom. The number of ether oxygens (including phenoxy) is 2. The third-order valence-electron chi connectivity index (χ3n) is 2.02. The summed E-state index contributed by atoms with van der Waals surface area (Å²) in [5, 5.41) is 10.9. The van der Waals surface area contributed by atoms with E-state index in [-0.39, 0.29) is 6.79 Å². The van der Waals surface area contributed by atoms with Crippen molar-refractivity contribution in [2.24, 2.45) is 0 Å². The highest BCUT2D eigenvalue weighted by atomic mass is 16.7. The van der Waals surface area contributed by atoms with Crippen molar-refractivity contribution in [3.8, 4) is 11.5 Å². The number of hydrogen-bond acceptors (Lipinski definition) is 4. The standard InChI is InChI=1S/C11H9NO5/c13-10(3-4-11(14)15)12-7-1-2-8-9(5-7)17-6-16-8/h1-5H,6H2,(H,12,13)(H,14,15). The molecule has 0 saturated heterocycles. The largest absolute Gasteiger partial charge is 0.478 e. The molecule has 1 aliphatic heterocycles. The van der Waals surface area contributed by atoms with Gasteiger partial charge in [-0.1, -0.05) is 0 Å². The van der Waals surface area contributed by atoms with Gasteiger partial charge in [0.2, 0.25) is 12.7 Å². The van der Waals surface area contributed by atoms with E-state index in [2.05, 4.69) is 5.32 Å². The first kappa shape index (κ1) is 11.0. The van der Waals surface area contributed by atoms with Crippen molar-refractivity contribution in [1.82, 2.24) is 0 Å². The zero-order valence-electron chi connectivity index (χ0n) is 8.67. The first-order chi connectivity index (χ1) is 8.15. The lowest BCUT2D eigenvalue weighted by molar-refractivity contribution is -0.131. The molecule has 2 N–H and O–H groups in total. The summed E-state index contributed by atoms with van der Waals surface area (Å²) in [6.07, 6.45) is 1.70. The smallest absolute Gasteiger partial charge is 0.328 e. The number of amides is 1. The highest BCUT2D eigenvalue weighted by Crippen LogP contribution is 2.34. The van der Waals surface area contributed by atoms with Crippen molar-refractivity contribution < 1.29 is 24.2 Å². The Kier molecular flexibility index (Phi) is 2.95. The van der Waals surface area contributed by atoms with Gasteiger partial charge in [-0.15, -0.1) is 0 Å². The number of carbonyl (C=O) groups is 2. The number of nitrogens with one attached hydrogen (secondary N) is 1. The van der Waals surface area contributed by atoms with Crippen LogP contribution in [0.15, 0.2) is 30.4 Å². The van der Waals surface area contributed by atoms with Crippen LogP contribution in [-0.2, 0) is 9.59 Å². The van der Waals surface area contributed by atoms with Crippen molar-refractivity contribution in [2.45, 2.75) is 0 Å². The maximum Gasteiger partial charge on any atom is 0.328 e. The molecule has 1 heterocycles. The molecule has 17 heavy (non-hydrogen) atoms. The number of carbonyl (C=O) groups excluding carboxylic acids is 1. The molecule has 6 heteroatoms. The van der Waals surface area contributed by atoms with Crippen LogP contribution in [0.5, 0.6) is 11.5 Å². The molecule has 88 valence electrons. The monoisotopic (exact) mass is 235 g/mol. The minimum Gasteiger partial charge on any atom is -0.478 e. The van der Waals surface area contributed by atoms with Crippen LogP contribution in [-0.4, -0.2) is 23.8 Å². The van der Waals surface area contributed by atoms with Gasteiger partial charge in [-0.05, 0) is 12.1 Å².